The fourth-order valence-electron chi connectivity index (χ4n) is 1.53. The second-order valence-corrected chi connectivity index (χ2v) is 4.30. The van der Waals surface area contributed by atoms with Crippen molar-refractivity contribution in [1.29, 1.82) is 0 Å². The molecule has 0 aliphatic rings. The van der Waals surface area contributed by atoms with Crippen molar-refractivity contribution < 1.29 is 13.6 Å². The summed E-state index contributed by atoms with van der Waals surface area (Å²) >= 11 is 0. The second-order valence-electron chi connectivity index (χ2n) is 4.30. The molecule has 0 spiro atoms. The molecule has 20 heavy (non-hydrogen) atoms. The van der Waals surface area contributed by atoms with Crippen LogP contribution in [-0.4, -0.2) is 20.9 Å². The number of halogens is 2. The Morgan fingerprint density at radius 2 is 2.25 bits per heavy atom. The van der Waals surface area contributed by atoms with Gasteiger partial charge in [0.1, 0.15) is 18.2 Å². The topological polar surface area (TPSA) is 85.8 Å². The number of amides is 1. The van der Waals surface area contributed by atoms with E-state index in [0.29, 0.717) is 11.8 Å². The van der Waals surface area contributed by atoms with E-state index in [9.17, 15) is 13.6 Å². The molecule has 1 atom stereocenters. The number of benzene rings is 1. The van der Waals surface area contributed by atoms with Crippen LogP contribution in [0.25, 0.3) is 0 Å². The van der Waals surface area contributed by atoms with E-state index >= 15 is 0 Å². The third-order valence-corrected chi connectivity index (χ3v) is 2.53. The highest BCUT2D eigenvalue weighted by Gasteiger charge is 2.11. The maximum absolute atomic E-state index is 13.4. The van der Waals surface area contributed by atoms with Gasteiger partial charge in [-0.1, -0.05) is 5.21 Å². The lowest BCUT2D eigenvalue weighted by Gasteiger charge is -2.06. The van der Waals surface area contributed by atoms with Crippen LogP contribution in [0.5, 0.6) is 0 Å². The van der Waals surface area contributed by atoms with Gasteiger partial charge < -0.3 is 11.1 Å². The molecule has 0 aliphatic carbocycles. The van der Waals surface area contributed by atoms with Gasteiger partial charge in [-0.25, -0.2) is 13.5 Å². The van der Waals surface area contributed by atoms with Crippen LogP contribution < -0.4 is 11.1 Å². The summed E-state index contributed by atoms with van der Waals surface area (Å²) < 4.78 is 27.4. The summed E-state index contributed by atoms with van der Waals surface area (Å²) in [6.45, 7) is 1.60. The average Bonchev–Trinajstić information content (AvgIpc) is 2.81. The summed E-state index contributed by atoms with van der Waals surface area (Å²) in [4.78, 5) is 11.7. The fraction of sp³-hybridized carbons (Fsp3) is 0.250. The van der Waals surface area contributed by atoms with Gasteiger partial charge in [0.25, 0.3) is 0 Å². The Morgan fingerprint density at radius 3 is 2.85 bits per heavy atom. The molecule has 3 N–H and O–H groups in total. The Labute approximate surface area is 113 Å². The Hall–Kier alpha value is -2.35. The maximum Gasteiger partial charge on any atom is 0.246 e. The molecule has 1 aromatic carbocycles. The highest BCUT2D eigenvalue weighted by Crippen LogP contribution is 2.14. The van der Waals surface area contributed by atoms with Crippen molar-refractivity contribution in [3.8, 4) is 0 Å². The van der Waals surface area contributed by atoms with Crippen molar-refractivity contribution in [2.45, 2.75) is 19.5 Å². The number of nitrogens with one attached hydrogen (secondary N) is 1. The standard InChI is InChI=1S/C12H13F2N5O/c1-7(15)11-5-19(18-17-11)6-12(20)16-10-3-2-8(13)4-9(10)14/h2-5,7H,6,15H2,1H3,(H,16,20). The Bertz CT molecular complexity index is 626. The van der Waals surface area contributed by atoms with Gasteiger partial charge in [-0.3, -0.25) is 4.79 Å². The van der Waals surface area contributed by atoms with Gasteiger partial charge in [0.2, 0.25) is 5.91 Å². The minimum atomic E-state index is -0.840. The number of nitrogens with zero attached hydrogens (tertiary/aromatic N) is 3. The quantitative estimate of drug-likeness (QED) is 0.882. The third-order valence-electron chi connectivity index (χ3n) is 2.53. The van der Waals surface area contributed by atoms with Crippen molar-refractivity contribution in [3.63, 3.8) is 0 Å². The summed E-state index contributed by atoms with van der Waals surface area (Å²) in [6.07, 6.45) is 1.53. The SMILES string of the molecule is CC(N)c1cn(CC(=O)Nc2ccc(F)cc2F)nn1. The van der Waals surface area contributed by atoms with E-state index < -0.39 is 17.5 Å². The van der Waals surface area contributed by atoms with Gasteiger partial charge in [-0.05, 0) is 19.1 Å². The first kappa shape index (κ1) is 14.1. The van der Waals surface area contributed by atoms with Gasteiger partial charge in [-0.15, -0.1) is 5.10 Å². The van der Waals surface area contributed by atoms with Gasteiger partial charge in [-0.2, -0.15) is 0 Å². The summed E-state index contributed by atoms with van der Waals surface area (Å²) in [7, 11) is 0. The highest BCUT2D eigenvalue weighted by atomic mass is 19.1. The predicted octanol–water partition coefficient (Wildman–Crippen LogP) is 1.21. The maximum atomic E-state index is 13.4. The largest absolute Gasteiger partial charge is 0.323 e. The van der Waals surface area contributed by atoms with Crippen LogP contribution >= 0.6 is 0 Å². The molecule has 0 saturated heterocycles. The second kappa shape index (κ2) is 5.74. The molecule has 1 aromatic heterocycles. The smallest absolute Gasteiger partial charge is 0.246 e. The van der Waals surface area contributed by atoms with Gasteiger partial charge >= 0.3 is 0 Å². The first-order valence-electron chi connectivity index (χ1n) is 5.86. The molecule has 2 aromatic rings. The van der Waals surface area contributed by atoms with E-state index in [0.717, 1.165) is 12.1 Å². The van der Waals surface area contributed by atoms with Crippen molar-refractivity contribution in [3.05, 3.63) is 41.7 Å². The van der Waals surface area contributed by atoms with Crippen molar-refractivity contribution >= 4 is 11.6 Å². The van der Waals surface area contributed by atoms with Crippen molar-refractivity contribution in [2.24, 2.45) is 5.73 Å². The lowest BCUT2D eigenvalue weighted by atomic mass is 10.3. The number of carbonyl (C=O) groups excluding carboxylic acids is 1. The number of hydrogen-bond donors (Lipinski definition) is 2. The number of nitrogens with two attached hydrogens (primary N) is 1. The molecule has 1 unspecified atom stereocenters. The first-order valence-corrected chi connectivity index (χ1v) is 5.86. The van der Waals surface area contributed by atoms with Gasteiger partial charge in [0.15, 0.2) is 0 Å². The molecule has 1 heterocycles. The van der Waals surface area contributed by atoms with Crippen LogP contribution in [0.3, 0.4) is 0 Å². The summed E-state index contributed by atoms with van der Waals surface area (Å²) in [6, 6.07) is 2.61. The Balaban J connectivity index is 2.01. The monoisotopic (exact) mass is 281 g/mol. The zero-order valence-corrected chi connectivity index (χ0v) is 10.7. The van der Waals surface area contributed by atoms with Crippen LogP contribution in [0, 0.1) is 11.6 Å². The van der Waals surface area contributed by atoms with E-state index in [1.54, 1.807) is 6.92 Å². The molecule has 0 saturated carbocycles. The minimum absolute atomic E-state index is 0.0936. The van der Waals surface area contributed by atoms with Crippen LogP contribution in [0.1, 0.15) is 18.7 Å². The fourth-order valence-corrected chi connectivity index (χ4v) is 1.53. The minimum Gasteiger partial charge on any atom is -0.323 e. The zero-order chi connectivity index (χ0) is 14.7. The summed E-state index contributed by atoms with van der Waals surface area (Å²) in [5.41, 5.74) is 6.07. The number of carbonyl (C=O) groups is 1. The first-order chi connectivity index (χ1) is 9.45. The molecule has 1 amide bonds. The van der Waals surface area contributed by atoms with Crippen molar-refractivity contribution in [1.82, 2.24) is 15.0 Å². The summed E-state index contributed by atoms with van der Waals surface area (Å²) in [5.74, 6) is -2.05. The van der Waals surface area contributed by atoms with E-state index in [1.807, 2.05) is 0 Å². The van der Waals surface area contributed by atoms with Crippen LogP contribution in [0.15, 0.2) is 24.4 Å². The highest BCUT2D eigenvalue weighted by molar-refractivity contribution is 5.90. The van der Waals surface area contributed by atoms with Crippen LogP contribution in [0.2, 0.25) is 0 Å². The third kappa shape index (κ3) is 3.35. The van der Waals surface area contributed by atoms with Crippen LogP contribution in [0.4, 0.5) is 14.5 Å². The molecule has 0 fully saturated rings. The van der Waals surface area contributed by atoms with Gasteiger partial charge in [0, 0.05) is 12.1 Å². The van der Waals surface area contributed by atoms with Crippen molar-refractivity contribution in [2.75, 3.05) is 5.32 Å². The number of rotatable bonds is 4. The lowest BCUT2D eigenvalue weighted by Crippen LogP contribution is -2.19. The molecular formula is C12H13F2N5O. The van der Waals surface area contributed by atoms with E-state index in [4.69, 9.17) is 5.73 Å². The normalized spacial score (nSPS) is 12.2. The molecular weight excluding hydrogens is 268 g/mol. The molecule has 2 rings (SSSR count). The summed E-state index contributed by atoms with van der Waals surface area (Å²) in [5, 5.41) is 9.84. The van der Waals surface area contributed by atoms with Gasteiger partial charge in [0.05, 0.1) is 17.6 Å². The molecule has 0 bridgehead atoms. The Kier molecular flexibility index (Phi) is 4.04. The number of hydrogen-bond acceptors (Lipinski definition) is 4. The van der Waals surface area contributed by atoms with E-state index in [1.165, 1.54) is 10.9 Å². The molecule has 0 radical (unpaired) electrons. The number of anilines is 1. The molecule has 0 aliphatic heterocycles. The zero-order valence-electron chi connectivity index (χ0n) is 10.7. The molecule has 8 heteroatoms. The van der Waals surface area contributed by atoms with E-state index in [2.05, 4.69) is 15.6 Å². The predicted molar refractivity (Wildman–Crippen MR) is 67.6 cm³/mol. The molecule has 6 nitrogen and oxygen atoms in total. The molecule has 106 valence electrons. The van der Waals surface area contributed by atoms with Crippen LogP contribution in [-0.2, 0) is 11.3 Å². The Morgan fingerprint density at radius 1 is 1.50 bits per heavy atom. The number of aromatic nitrogens is 3. The average molecular weight is 281 g/mol. The van der Waals surface area contributed by atoms with E-state index in [-0.39, 0.29) is 18.3 Å². The lowest BCUT2D eigenvalue weighted by molar-refractivity contribution is -0.116.